The number of unbranched alkanes of at least 4 members (excludes halogenated alkanes) is 8. The summed E-state index contributed by atoms with van der Waals surface area (Å²) in [7, 11) is 1.69. The van der Waals surface area contributed by atoms with Crippen LogP contribution in [0.3, 0.4) is 0 Å². The number of methoxy groups -OCH3 is 1. The maximum atomic E-state index is 13.1. The Labute approximate surface area is 187 Å². The van der Waals surface area contributed by atoms with Crippen molar-refractivity contribution in [3.8, 4) is 5.75 Å². The van der Waals surface area contributed by atoms with Crippen LogP contribution in [0.5, 0.6) is 5.75 Å². The monoisotopic (exact) mass is 427 g/mol. The first kappa shape index (κ1) is 23.6. The van der Waals surface area contributed by atoms with E-state index in [4.69, 9.17) is 10.5 Å². The molecule has 0 spiro atoms. The lowest BCUT2D eigenvalue weighted by Crippen LogP contribution is -2.46. The van der Waals surface area contributed by atoms with E-state index in [0.717, 1.165) is 42.8 Å². The number of nitrogens with one attached hydrogen (secondary N) is 1. The molecule has 0 saturated carbocycles. The van der Waals surface area contributed by atoms with Gasteiger partial charge in [0.25, 0.3) is 0 Å². The molecule has 172 valence electrons. The number of ether oxygens (including phenoxy) is 1. The summed E-state index contributed by atoms with van der Waals surface area (Å²) in [6.07, 6.45) is 12.9. The molecule has 0 bridgehead atoms. The van der Waals surface area contributed by atoms with Gasteiger partial charge in [0.15, 0.2) is 0 Å². The van der Waals surface area contributed by atoms with Gasteiger partial charge in [-0.25, -0.2) is 0 Å². The molecular weight excluding hydrogens is 386 g/mol. The highest BCUT2D eigenvalue weighted by molar-refractivity contribution is 5.87. The number of amides is 1. The molecule has 2 aromatic rings. The Morgan fingerprint density at radius 1 is 1.16 bits per heavy atom. The Hall–Kier alpha value is -2.01. The first-order valence-corrected chi connectivity index (χ1v) is 12.3. The molecule has 31 heavy (non-hydrogen) atoms. The van der Waals surface area contributed by atoms with Crippen molar-refractivity contribution in [2.24, 2.45) is 5.73 Å². The van der Waals surface area contributed by atoms with E-state index in [1.54, 1.807) is 7.11 Å². The van der Waals surface area contributed by atoms with E-state index in [2.05, 4.69) is 24.0 Å². The third-order valence-electron chi connectivity index (χ3n) is 6.69. The number of hydrogen-bond donors (Lipinski definition) is 2. The Morgan fingerprint density at radius 2 is 1.84 bits per heavy atom. The predicted molar refractivity (Wildman–Crippen MR) is 129 cm³/mol. The normalized spacial score (nSPS) is 17.0. The zero-order valence-corrected chi connectivity index (χ0v) is 19.7. The number of fused-ring (bicyclic) bond motifs is 3. The Balaban J connectivity index is 1.57. The summed E-state index contributed by atoms with van der Waals surface area (Å²) in [6.45, 7) is 5.00. The fraction of sp³-hybridized carbons (Fsp3) is 0.654. The summed E-state index contributed by atoms with van der Waals surface area (Å²) in [5.41, 5.74) is 9.86. The van der Waals surface area contributed by atoms with Crippen LogP contribution in [0.25, 0.3) is 10.9 Å². The minimum atomic E-state index is -0.124. The van der Waals surface area contributed by atoms with Crippen LogP contribution in [0.15, 0.2) is 18.2 Å². The third kappa shape index (κ3) is 5.82. The van der Waals surface area contributed by atoms with Crippen molar-refractivity contribution in [2.45, 2.75) is 96.6 Å². The Morgan fingerprint density at radius 3 is 2.48 bits per heavy atom. The van der Waals surface area contributed by atoms with Crippen molar-refractivity contribution >= 4 is 16.8 Å². The van der Waals surface area contributed by atoms with Gasteiger partial charge in [-0.2, -0.15) is 0 Å². The van der Waals surface area contributed by atoms with Gasteiger partial charge in [-0.3, -0.25) is 4.79 Å². The summed E-state index contributed by atoms with van der Waals surface area (Å²) in [4.78, 5) is 18.7. The number of nitrogens with zero attached hydrogens (tertiary/aromatic N) is 1. The molecule has 0 radical (unpaired) electrons. The first-order valence-electron chi connectivity index (χ1n) is 12.3. The number of nitrogens with two attached hydrogens (primary N) is 1. The van der Waals surface area contributed by atoms with Crippen LogP contribution in [0, 0.1) is 0 Å². The van der Waals surface area contributed by atoms with E-state index in [9.17, 15) is 4.79 Å². The number of rotatable bonds is 12. The second kappa shape index (κ2) is 11.6. The molecule has 1 aliphatic heterocycles. The van der Waals surface area contributed by atoms with Crippen LogP contribution < -0.4 is 10.5 Å². The number of carbonyl (C=O) groups excluding carboxylic acids is 1. The van der Waals surface area contributed by atoms with Crippen molar-refractivity contribution in [3.05, 3.63) is 29.5 Å². The predicted octanol–water partition coefficient (Wildman–Crippen LogP) is 5.87. The van der Waals surface area contributed by atoms with Gasteiger partial charge in [0, 0.05) is 35.6 Å². The van der Waals surface area contributed by atoms with Crippen molar-refractivity contribution in [2.75, 3.05) is 13.7 Å². The molecule has 2 heterocycles. The quantitative estimate of drug-likeness (QED) is 0.416. The van der Waals surface area contributed by atoms with Crippen LogP contribution in [0.4, 0.5) is 0 Å². The zero-order valence-electron chi connectivity index (χ0n) is 19.7. The van der Waals surface area contributed by atoms with Crippen molar-refractivity contribution in [3.63, 3.8) is 0 Å². The smallest absolute Gasteiger partial charge is 0.223 e. The summed E-state index contributed by atoms with van der Waals surface area (Å²) in [6, 6.07) is 5.90. The fourth-order valence-corrected chi connectivity index (χ4v) is 4.98. The maximum absolute atomic E-state index is 13.1. The lowest BCUT2D eigenvalue weighted by Gasteiger charge is -2.38. The average molecular weight is 428 g/mol. The van der Waals surface area contributed by atoms with Gasteiger partial charge in [-0.1, -0.05) is 58.3 Å². The molecule has 0 fully saturated rings. The number of H-pyrrole nitrogens is 1. The molecule has 1 aromatic carbocycles. The highest BCUT2D eigenvalue weighted by atomic mass is 16.5. The van der Waals surface area contributed by atoms with E-state index in [-0.39, 0.29) is 18.0 Å². The largest absolute Gasteiger partial charge is 0.497 e. The minimum Gasteiger partial charge on any atom is -0.497 e. The number of aromatic amines is 1. The van der Waals surface area contributed by atoms with Gasteiger partial charge >= 0.3 is 0 Å². The number of aromatic nitrogens is 1. The van der Waals surface area contributed by atoms with E-state index in [1.165, 1.54) is 55.9 Å². The lowest BCUT2D eigenvalue weighted by atomic mass is 9.93. The highest BCUT2D eigenvalue weighted by Gasteiger charge is 2.35. The minimum absolute atomic E-state index is 0.0896. The van der Waals surface area contributed by atoms with Gasteiger partial charge in [-0.15, -0.1) is 0 Å². The Kier molecular flexibility index (Phi) is 8.82. The summed E-state index contributed by atoms with van der Waals surface area (Å²) in [5, 5.41) is 1.19. The lowest BCUT2D eigenvalue weighted by molar-refractivity contribution is -0.134. The summed E-state index contributed by atoms with van der Waals surface area (Å²) in [5.74, 6) is 1.10. The molecule has 2 atom stereocenters. The average Bonchev–Trinajstić information content (AvgIpc) is 3.14. The van der Waals surface area contributed by atoms with Crippen molar-refractivity contribution < 1.29 is 9.53 Å². The first-order chi connectivity index (χ1) is 15.1. The third-order valence-corrected chi connectivity index (χ3v) is 6.69. The van der Waals surface area contributed by atoms with Crippen molar-refractivity contribution in [1.29, 1.82) is 0 Å². The standard InChI is InChI=1S/C26H41N3O2/c1-4-5-6-7-8-9-10-11-12-13-24(30)29-17-16-21-22-18-20(31-3)14-15-23(22)28-25(21)26(29)19(2)27/h14-15,18-19,26,28H,4-13,16-17,27H2,1-3H3. The summed E-state index contributed by atoms with van der Waals surface area (Å²) < 4.78 is 5.41. The second-order valence-corrected chi connectivity index (χ2v) is 9.15. The number of hydrogen-bond acceptors (Lipinski definition) is 3. The molecule has 2 unspecified atom stereocenters. The van der Waals surface area contributed by atoms with Crippen molar-refractivity contribution in [1.82, 2.24) is 9.88 Å². The molecule has 5 nitrogen and oxygen atoms in total. The van der Waals surface area contributed by atoms with E-state index >= 15 is 0 Å². The van der Waals surface area contributed by atoms with Gasteiger partial charge in [0.1, 0.15) is 5.75 Å². The SMILES string of the molecule is CCCCCCCCCCCC(=O)N1CCc2c([nH]c3ccc(OC)cc23)C1C(C)N. The van der Waals surface area contributed by atoms with Crippen LogP contribution in [-0.4, -0.2) is 35.5 Å². The van der Waals surface area contributed by atoms with Gasteiger partial charge in [0.05, 0.1) is 13.2 Å². The van der Waals surface area contributed by atoms with Crippen LogP contribution in [-0.2, 0) is 11.2 Å². The molecule has 3 rings (SSSR count). The Bertz CT molecular complexity index is 843. The molecule has 5 heteroatoms. The van der Waals surface area contributed by atoms with Crippen LogP contribution in [0.1, 0.15) is 95.4 Å². The molecule has 0 saturated heterocycles. The molecule has 1 amide bonds. The zero-order chi connectivity index (χ0) is 22.2. The summed E-state index contributed by atoms with van der Waals surface area (Å²) >= 11 is 0. The van der Waals surface area contributed by atoms with E-state index in [1.807, 2.05) is 17.9 Å². The van der Waals surface area contributed by atoms with Gasteiger partial charge in [-0.05, 0) is 43.5 Å². The van der Waals surface area contributed by atoms with E-state index in [0.29, 0.717) is 6.42 Å². The number of benzene rings is 1. The molecule has 0 aliphatic carbocycles. The second-order valence-electron chi connectivity index (χ2n) is 9.15. The molecular formula is C26H41N3O2. The molecule has 1 aromatic heterocycles. The van der Waals surface area contributed by atoms with Crippen LogP contribution in [0.2, 0.25) is 0 Å². The molecule has 1 aliphatic rings. The number of carbonyl (C=O) groups is 1. The topological polar surface area (TPSA) is 71.3 Å². The molecule has 3 N–H and O–H groups in total. The van der Waals surface area contributed by atoms with Crippen LogP contribution >= 0.6 is 0 Å². The van der Waals surface area contributed by atoms with Gasteiger partial charge in [0.2, 0.25) is 5.91 Å². The van der Waals surface area contributed by atoms with E-state index < -0.39 is 0 Å². The fourth-order valence-electron chi connectivity index (χ4n) is 4.98. The maximum Gasteiger partial charge on any atom is 0.223 e. The van der Waals surface area contributed by atoms with Gasteiger partial charge < -0.3 is 20.4 Å². The highest BCUT2D eigenvalue weighted by Crippen LogP contribution is 2.37.